The molecule has 0 bridgehead atoms. The van der Waals surface area contributed by atoms with Crippen molar-refractivity contribution in [2.75, 3.05) is 0 Å². The van der Waals surface area contributed by atoms with Crippen molar-refractivity contribution < 1.29 is 43.2 Å². The molecule has 0 aromatic heterocycles. The Bertz CT molecular complexity index is 1070. The molecular weight excluding hydrogens is 540 g/mol. The van der Waals surface area contributed by atoms with E-state index in [0.29, 0.717) is 23.3 Å². The van der Waals surface area contributed by atoms with Crippen LogP contribution in [0.2, 0.25) is 0 Å². The number of rotatable bonds is 3. The van der Waals surface area contributed by atoms with Gasteiger partial charge in [0.1, 0.15) is 28.3 Å². The van der Waals surface area contributed by atoms with Gasteiger partial charge in [0.2, 0.25) is 0 Å². The van der Waals surface area contributed by atoms with Gasteiger partial charge in [-0.25, -0.2) is 14.4 Å². The van der Waals surface area contributed by atoms with Crippen molar-refractivity contribution in [3.8, 4) is 11.5 Å². The van der Waals surface area contributed by atoms with Gasteiger partial charge in [-0.05, 0) is 110 Å². The van der Waals surface area contributed by atoms with Gasteiger partial charge in [-0.2, -0.15) is 0 Å². The predicted octanol–water partition coefficient (Wildman–Crippen LogP) is 9.51. The topological polar surface area (TPSA) is 118 Å². The van der Waals surface area contributed by atoms with Gasteiger partial charge in [-0.15, -0.1) is 0 Å². The predicted molar refractivity (Wildman–Crippen MR) is 163 cm³/mol. The van der Waals surface area contributed by atoms with Crippen molar-refractivity contribution in [3.05, 3.63) is 59.7 Å². The Hall–Kier alpha value is -3.75. The van der Waals surface area contributed by atoms with E-state index < -0.39 is 35.3 Å². The second kappa shape index (κ2) is 16.6. The Morgan fingerprint density at radius 1 is 0.548 bits per heavy atom. The molecule has 2 aromatic carbocycles. The maximum atomic E-state index is 11.4. The van der Waals surface area contributed by atoms with Gasteiger partial charge < -0.3 is 28.8 Å². The average molecular weight is 591 g/mol. The monoisotopic (exact) mass is 590 g/mol. The molecule has 236 valence electrons. The van der Waals surface area contributed by atoms with E-state index in [1.54, 1.807) is 86.6 Å². The van der Waals surface area contributed by atoms with Crippen molar-refractivity contribution in [3.63, 3.8) is 0 Å². The highest BCUT2D eigenvalue weighted by Crippen LogP contribution is 2.20. The van der Waals surface area contributed by atoms with E-state index in [2.05, 4.69) is 32.4 Å². The maximum Gasteiger partial charge on any atom is 0.519 e. The van der Waals surface area contributed by atoms with E-state index in [4.69, 9.17) is 24.1 Å². The highest BCUT2D eigenvalue weighted by atomic mass is 16.8. The largest absolute Gasteiger partial charge is 0.519 e. The minimum absolute atomic E-state index is 0.337. The van der Waals surface area contributed by atoms with Crippen molar-refractivity contribution in [2.45, 2.75) is 119 Å². The van der Waals surface area contributed by atoms with E-state index >= 15 is 0 Å². The van der Waals surface area contributed by atoms with E-state index in [1.807, 2.05) is 24.3 Å². The molecule has 1 N–H and O–H groups in total. The molecule has 0 radical (unpaired) electrons. The summed E-state index contributed by atoms with van der Waals surface area (Å²) < 4.78 is 23.9. The van der Waals surface area contributed by atoms with Crippen LogP contribution in [0.25, 0.3) is 0 Å². The Morgan fingerprint density at radius 2 is 0.857 bits per heavy atom. The Kier molecular flexibility index (Phi) is 15.1. The molecule has 0 atom stereocenters. The molecular formula is C33H50O9. The SMILES string of the molecule is CC(C)(C)OC(=O)OC(=O)OC(C)(C)C.CC(C)c1ccc(O)cc1.CC(C)c1ccc(OC(=O)OC(C)(C)C)cc1. The second-order valence-electron chi connectivity index (χ2n) is 13.1. The zero-order valence-electron chi connectivity index (χ0n) is 27.5. The summed E-state index contributed by atoms with van der Waals surface area (Å²) in [5, 5.41) is 8.94. The van der Waals surface area contributed by atoms with E-state index in [0.717, 1.165) is 0 Å². The van der Waals surface area contributed by atoms with Gasteiger partial charge in [0.05, 0.1) is 0 Å². The van der Waals surface area contributed by atoms with Gasteiger partial charge in [-0.1, -0.05) is 52.0 Å². The zero-order valence-corrected chi connectivity index (χ0v) is 27.5. The molecule has 0 aliphatic rings. The lowest BCUT2D eigenvalue weighted by Crippen LogP contribution is -2.29. The van der Waals surface area contributed by atoms with Crippen LogP contribution in [0.5, 0.6) is 11.5 Å². The standard InChI is InChI=1S/C14H20O3.C10H18O5.C9H12O/c1-10(2)11-6-8-12(9-7-11)16-13(15)17-14(3,4)5;1-9(2,3)14-7(11)13-8(12)15-10(4,5)6;1-7(2)8-3-5-9(10)6-4-8/h6-10H,1-5H3;1-6H3;3-7,10H,1-2H3. The summed E-state index contributed by atoms with van der Waals surface area (Å²) in [7, 11) is 0. The highest BCUT2D eigenvalue weighted by molar-refractivity contribution is 5.77. The second-order valence-corrected chi connectivity index (χ2v) is 13.1. The van der Waals surface area contributed by atoms with Gasteiger partial charge >= 0.3 is 18.5 Å². The van der Waals surface area contributed by atoms with Crippen molar-refractivity contribution >= 4 is 18.5 Å². The molecule has 2 aromatic rings. The van der Waals surface area contributed by atoms with Crippen LogP contribution in [0.15, 0.2) is 48.5 Å². The molecule has 0 saturated heterocycles. The van der Waals surface area contributed by atoms with E-state index in [9.17, 15) is 14.4 Å². The first-order valence-corrected chi connectivity index (χ1v) is 13.9. The fourth-order valence-corrected chi connectivity index (χ4v) is 2.76. The summed E-state index contributed by atoms with van der Waals surface area (Å²) in [6.45, 7) is 23.9. The fraction of sp³-hybridized carbons (Fsp3) is 0.545. The van der Waals surface area contributed by atoms with Gasteiger partial charge in [-0.3, -0.25) is 0 Å². The number of phenolic OH excluding ortho intramolecular Hbond substituents is 1. The third-order valence-electron chi connectivity index (χ3n) is 4.64. The molecule has 2 rings (SSSR count). The molecule has 0 fully saturated rings. The Morgan fingerprint density at radius 3 is 1.17 bits per heavy atom. The number of benzene rings is 2. The molecule has 0 amide bonds. The molecule has 0 spiro atoms. The molecule has 0 heterocycles. The fourth-order valence-electron chi connectivity index (χ4n) is 2.76. The smallest absolute Gasteiger partial charge is 0.508 e. The molecule has 0 saturated carbocycles. The van der Waals surface area contributed by atoms with Crippen molar-refractivity contribution in [2.24, 2.45) is 0 Å². The summed E-state index contributed by atoms with van der Waals surface area (Å²) in [5.41, 5.74) is 0.548. The summed E-state index contributed by atoms with van der Waals surface area (Å²) in [5.74, 6) is 1.85. The molecule has 0 aliphatic heterocycles. The minimum Gasteiger partial charge on any atom is -0.508 e. The first-order valence-electron chi connectivity index (χ1n) is 13.9. The first kappa shape index (κ1) is 38.2. The van der Waals surface area contributed by atoms with Crippen LogP contribution >= 0.6 is 0 Å². The van der Waals surface area contributed by atoms with Gasteiger partial charge in [0.15, 0.2) is 0 Å². The molecule has 0 aliphatic carbocycles. The normalized spacial score (nSPS) is 11.3. The van der Waals surface area contributed by atoms with Crippen LogP contribution in [0, 0.1) is 0 Å². The van der Waals surface area contributed by atoms with E-state index in [1.165, 1.54) is 11.1 Å². The number of carbonyl (C=O) groups excluding carboxylic acids is 3. The third-order valence-corrected chi connectivity index (χ3v) is 4.64. The number of phenols is 1. The van der Waals surface area contributed by atoms with Gasteiger partial charge in [0.25, 0.3) is 0 Å². The number of carbonyl (C=O) groups is 3. The third kappa shape index (κ3) is 20.2. The highest BCUT2D eigenvalue weighted by Gasteiger charge is 2.24. The number of ether oxygens (including phenoxy) is 5. The van der Waals surface area contributed by atoms with Crippen molar-refractivity contribution in [1.29, 1.82) is 0 Å². The Labute approximate surface area is 251 Å². The Balaban J connectivity index is 0.000000620. The van der Waals surface area contributed by atoms with Crippen LogP contribution < -0.4 is 4.74 Å². The summed E-state index contributed by atoms with van der Waals surface area (Å²) in [4.78, 5) is 33.4. The minimum atomic E-state index is -1.06. The summed E-state index contributed by atoms with van der Waals surface area (Å²) in [6, 6.07) is 14.8. The van der Waals surface area contributed by atoms with Crippen molar-refractivity contribution in [1.82, 2.24) is 0 Å². The van der Waals surface area contributed by atoms with E-state index in [-0.39, 0.29) is 0 Å². The van der Waals surface area contributed by atoms with Crippen LogP contribution in [-0.4, -0.2) is 40.4 Å². The molecule has 42 heavy (non-hydrogen) atoms. The van der Waals surface area contributed by atoms with Gasteiger partial charge in [0, 0.05) is 0 Å². The lowest BCUT2D eigenvalue weighted by Gasteiger charge is -2.20. The first-order chi connectivity index (χ1) is 19.0. The van der Waals surface area contributed by atoms with Crippen LogP contribution in [0.1, 0.15) is 113 Å². The quantitative estimate of drug-likeness (QED) is 0.161. The van der Waals surface area contributed by atoms with Crippen LogP contribution in [0.3, 0.4) is 0 Å². The van der Waals surface area contributed by atoms with Crippen LogP contribution in [-0.2, 0) is 18.9 Å². The molecule has 9 nitrogen and oxygen atoms in total. The number of hydrogen-bond donors (Lipinski definition) is 1. The number of hydrogen-bond acceptors (Lipinski definition) is 9. The summed E-state index contributed by atoms with van der Waals surface area (Å²) in [6.07, 6.45) is -2.79. The molecule has 9 heteroatoms. The summed E-state index contributed by atoms with van der Waals surface area (Å²) >= 11 is 0. The zero-order chi connectivity index (χ0) is 32.9. The number of aromatic hydroxyl groups is 1. The maximum absolute atomic E-state index is 11.4. The van der Waals surface area contributed by atoms with Crippen LogP contribution in [0.4, 0.5) is 14.4 Å². The average Bonchev–Trinajstić information content (AvgIpc) is 2.76. The lowest BCUT2D eigenvalue weighted by molar-refractivity contribution is -0.0294. The lowest BCUT2D eigenvalue weighted by atomic mass is 10.0. The molecule has 0 unspecified atom stereocenters.